The highest BCUT2D eigenvalue weighted by molar-refractivity contribution is 7.89. The summed E-state index contributed by atoms with van der Waals surface area (Å²) in [6, 6.07) is 11.4. The van der Waals surface area contributed by atoms with Gasteiger partial charge in [-0.1, -0.05) is 13.0 Å². The largest absolute Gasteiger partial charge is 0.506 e. The first-order valence-corrected chi connectivity index (χ1v) is 10.1. The molecule has 1 N–H and O–H groups in total. The molecule has 2 aromatic rings. The second-order valence-electron chi connectivity index (χ2n) is 6.77. The van der Waals surface area contributed by atoms with E-state index in [4.69, 9.17) is 0 Å². The van der Waals surface area contributed by atoms with Gasteiger partial charge in [0.15, 0.2) is 0 Å². The summed E-state index contributed by atoms with van der Waals surface area (Å²) in [7, 11) is -3.46. The van der Waals surface area contributed by atoms with Crippen molar-refractivity contribution in [3.63, 3.8) is 0 Å². The Bertz CT molecular complexity index is 900. The molecule has 7 heteroatoms. The third-order valence-corrected chi connectivity index (χ3v) is 6.53. The zero-order valence-electron chi connectivity index (χ0n) is 15.0. The predicted molar refractivity (Wildman–Crippen MR) is 101 cm³/mol. The highest BCUT2D eigenvalue weighted by atomic mass is 32.2. The minimum absolute atomic E-state index is 0.0536. The lowest BCUT2D eigenvalue weighted by Gasteiger charge is -2.29. The van der Waals surface area contributed by atoms with Crippen LogP contribution in [0.5, 0.6) is 5.75 Å². The molecule has 1 aliphatic heterocycles. The molecule has 0 atom stereocenters. The molecule has 0 radical (unpaired) electrons. The Morgan fingerprint density at radius 2 is 1.69 bits per heavy atom. The normalized spacial score (nSPS) is 17.0. The van der Waals surface area contributed by atoms with Crippen molar-refractivity contribution < 1.29 is 13.5 Å². The lowest BCUT2D eigenvalue weighted by Crippen LogP contribution is -2.37. The summed E-state index contributed by atoms with van der Waals surface area (Å²) in [6.07, 6.45) is 1.79. The van der Waals surface area contributed by atoms with Crippen LogP contribution < -0.4 is 0 Å². The topological polar surface area (TPSA) is 82.3 Å². The lowest BCUT2D eigenvalue weighted by atomic mass is 10.0. The van der Waals surface area contributed by atoms with Crippen LogP contribution in [0, 0.1) is 12.8 Å². The first kappa shape index (κ1) is 18.5. The van der Waals surface area contributed by atoms with E-state index in [-0.39, 0.29) is 10.6 Å². The number of rotatable bonds is 4. The van der Waals surface area contributed by atoms with Gasteiger partial charge in [0.2, 0.25) is 10.0 Å². The molecule has 2 aromatic carbocycles. The monoisotopic (exact) mass is 373 g/mol. The van der Waals surface area contributed by atoms with Gasteiger partial charge >= 0.3 is 0 Å². The van der Waals surface area contributed by atoms with Crippen LogP contribution in [0.1, 0.15) is 25.3 Å². The van der Waals surface area contributed by atoms with E-state index in [0.717, 1.165) is 18.4 Å². The summed E-state index contributed by atoms with van der Waals surface area (Å²) in [5.41, 5.74) is 1.87. The van der Waals surface area contributed by atoms with Crippen LogP contribution in [0.15, 0.2) is 57.6 Å². The van der Waals surface area contributed by atoms with Gasteiger partial charge in [-0.05, 0) is 67.6 Å². The highest BCUT2D eigenvalue weighted by Crippen LogP contribution is 2.29. The van der Waals surface area contributed by atoms with E-state index in [1.54, 1.807) is 46.8 Å². The van der Waals surface area contributed by atoms with Crippen molar-refractivity contribution in [1.29, 1.82) is 0 Å². The van der Waals surface area contributed by atoms with E-state index >= 15 is 0 Å². The Hall–Kier alpha value is -2.25. The predicted octanol–water partition coefficient (Wildman–Crippen LogP) is 4.54. The SMILES string of the molecule is Cc1ccc(O)c(N=Nc2ccc(S(=O)(=O)N3CCC(C)CC3)cc2)c1. The molecule has 3 rings (SSSR count). The van der Waals surface area contributed by atoms with Gasteiger partial charge in [0.1, 0.15) is 11.4 Å². The van der Waals surface area contributed by atoms with Crippen molar-refractivity contribution in [1.82, 2.24) is 4.31 Å². The van der Waals surface area contributed by atoms with E-state index in [1.165, 1.54) is 0 Å². The van der Waals surface area contributed by atoms with Crippen LogP contribution in [-0.4, -0.2) is 30.9 Å². The van der Waals surface area contributed by atoms with Crippen molar-refractivity contribution in [3.05, 3.63) is 48.0 Å². The van der Waals surface area contributed by atoms with Crippen LogP contribution >= 0.6 is 0 Å². The van der Waals surface area contributed by atoms with E-state index in [2.05, 4.69) is 17.2 Å². The lowest BCUT2D eigenvalue weighted by molar-refractivity contribution is 0.288. The Kier molecular flexibility index (Phi) is 5.38. The first-order chi connectivity index (χ1) is 12.4. The van der Waals surface area contributed by atoms with Gasteiger partial charge in [-0.2, -0.15) is 9.42 Å². The molecular formula is C19H23N3O3S. The van der Waals surface area contributed by atoms with Crippen molar-refractivity contribution >= 4 is 21.4 Å². The Morgan fingerprint density at radius 3 is 2.35 bits per heavy atom. The molecule has 0 aromatic heterocycles. The van der Waals surface area contributed by atoms with Gasteiger partial charge < -0.3 is 5.11 Å². The average molecular weight is 373 g/mol. The number of piperidine rings is 1. The molecule has 1 heterocycles. The summed E-state index contributed by atoms with van der Waals surface area (Å²) in [5.74, 6) is 0.625. The van der Waals surface area contributed by atoms with Crippen LogP contribution in [-0.2, 0) is 10.0 Å². The maximum atomic E-state index is 12.7. The zero-order chi connectivity index (χ0) is 18.7. The fraction of sp³-hybridized carbons (Fsp3) is 0.368. The van der Waals surface area contributed by atoms with Crippen LogP contribution in [0.3, 0.4) is 0 Å². The van der Waals surface area contributed by atoms with Crippen LogP contribution in [0.25, 0.3) is 0 Å². The maximum Gasteiger partial charge on any atom is 0.243 e. The number of phenolic OH excluding ortho intramolecular Hbond substituents is 1. The zero-order valence-corrected chi connectivity index (χ0v) is 15.8. The van der Waals surface area contributed by atoms with E-state index in [9.17, 15) is 13.5 Å². The maximum absolute atomic E-state index is 12.7. The molecule has 1 fully saturated rings. The average Bonchev–Trinajstić information content (AvgIpc) is 2.63. The molecule has 0 unspecified atom stereocenters. The number of sulfonamides is 1. The molecular weight excluding hydrogens is 350 g/mol. The fourth-order valence-corrected chi connectivity index (χ4v) is 4.35. The Labute approximate surface area is 154 Å². The van der Waals surface area contributed by atoms with E-state index < -0.39 is 10.0 Å². The minimum Gasteiger partial charge on any atom is -0.506 e. The van der Waals surface area contributed by atoms with Crippen molar-refractivity contribution in [3.8, 4) is 5.75 Å². The van der Waals surface area contributed by atoms with Gasteiger partial charge in [0, 0.05) is 13.1 Å². The summed E-state index contributed by atoms with van der Waals surface area (Å²) in [6.45, 7) is 5.18. The fourth-order valence-electron chi connectivity index (χ4n) is 2.88. The van der Waals surface area contributed by atoms with Gasteiger partial charge in [-0.15, -0.1) is 5.11 Å². The second-order valence-corrected chi connectivity index (χ2v) is 8.71. The smallest absolute Gasteiger partial charge is 0.243 e. The van der Waals surface area contributed by atoms with Crippen molar-refractivity contribution in [2.75, 3.05) is 13.1 Å². The van der Waals surface area contributed by atoms with Gasteiger partial charge in [0.05, 0.1) is 10.6 Å². The number of benzene rings is 2. The van der Waals surface area contributed by atoms with Gasteiger partial charge in [-0.25, -0.2) is 8.42 Å². The number of aromatic hydroxyl groups is 1. The number of aryl methyl sites for hydroxylation is 1. The number of azo groups is 1. The minimum atomic E-state index is -3.46. The third-order valence-electron chi connectivity index (χ3n) is 4.62. The second kappa shape index (κ2) is 7.55. The van der Waals surface area contributed by atoms with Gasteiger partial charge in [0.25, 0.3) is 0 Å². The van der Waals surface area contributed by atoms with Crippen LogP contribution in [0.2, 0.25) is 0 Å². The molecule has 1 aliphatic rings. The molecule has 0 amide bonds. The molecule has 0 spiro atoms. The summed E-state index contributed by atoms with van der Waals surface area (Å²) in [5, 5.41) is 17.9. The molecule has 138 valence electrons. The standard InChI is InChI=1S/C19H23N3O3S/c1-14-9-11-22(12-10-14)26(24,25)17-6-4-16(5-7-17)20-21-18-13-15(2)3-8-19(18)23/h3-8,13-14,23H,9-12H2,1-2H3. The van der Waals surface area contributed by atoms with Crippen molar-refractivity contribution in [2.45, 2.75) is 31.6 Å². The van der Waals surface area contributed by atoms with E-state index in [0.29, 0.717) is 30.4 Å². The van der Waals surface area contributed by atoms with Crippen LogP contribution in [0.4, 0.5) is 11.4 Å². The third kappa shape index (κ3) is 4.11. The number of phenols is 1. The summed E-state index contributed by atoms with van der Waals surface area (Å²) < 4.78 is 27.0. The molecule has 1 saturated heterocycles. The van der Waals surface area contributed by atoms with E-state index in [1.807, 2.05) is 6.92 Å². The summed E-state index contributed by atoms with van der Waals surface area (Å²) in [4.78, 5) is 0.268. The molecule has 0 saturated carbocycles. The number of hydrogen-bond acceptors (Lipinski definition) is 5. The Balaban J connectivity index is 1.76. The molecule has 26 heavy (non-hydrogen) atoms. The number of nitrogens with zero attached hydrogens (tertiary/aromatic N) is 3. The molecule has 0 aliphatic carbocycles. The Morgan fingerprint density at radius 1 is 1.04 bits per heavy atom. The number of hydrogen-bond donors (Lipinski definition) is 1. The van der Waals surface area contributed by atoms with Crippen molar-refractivity contribution in [2.24, 2.45) is 16.1 Å². The first-order valence-electron chi connectivity index (χ1n) is 8.68. The molecule has 0 bridgehead atoms. The summed E-state index contributed by atoms with van der Waals surface area (Å²) >= 11 is 0. The quantitative estimate of drug-likeness (QED) is 0.799. The molecule has 6 nitrogen and oxygen atoms in total. The highest BCUT2D eigenvalue weighted by Gasteiger charge is 2.27. The van der Waals surface area contributed by atoms with Gasteiger partial charge in [-0.3, -0.25) is 0 Å².